The Labute approximate surface area is 145 Å². The third-order valence-electron chi connectivity index (χ3n) is 5.25. The third-order valence-corrected chi connectivity index (χ3v) is 5.25. The average Bonchev–Trinajstić information content (AvgIpc) is 3.17. The summed E-state index contributed by atoms with van der Waals surface area (Å²) in [5.74, 6) is 0.839. The lowest BCUT2D eigenvalue weighted by Crippen LogP contribution is -2.43. The van der Waals surface area contributed by atoms with Crippen LogP contribution in [0.1, 0.15) is 39.5 Å². The fourth-order valence-corrected chi connectivity index (χ4v) is 3.32. The molecule has 1 unspecified atom stereocenters. The quantitative estimate of drug-likeness (QED) is 0.838. The zero-order chi connectivity index (χ0) is 16.8. The second-order valence-corrected chi connectivity index (χ2v) is 6.98. The SMILES string of the molecule is CCC(C)CCNC1CCN(c2ccc(-n3cccn3)cc2)CC1. The van der Waals surface area contributed by atoms with Gasteiger partial charge in [-0.25, -0.2) is 4.68 Å². The molecule has 1 N–H and O–H groups in total. The van der Waals surface area contributed by atoms with Gasteiger partial charge in [-0.3, -0.25) is 0 Å². The predicted molar refractivity (Wildman–Crippen MR) is 101 cm³/mol. The number of nitrogens with one attached hydrogen (secondary N) is 1. The summed E-state index contributed by atoms with van der Waals surface area (Å²) in [5, 5.41) is 8.03. The highest BCUT2D eigenvalue weighted by atomic mass is 15.3. The lowest BCUT2D eigenvalue weighted by Gasteiger charge is -2.34. The molecule has 2 aromatic rings. The van der Waals surface area contributed by atoms with Gasteiger partial charge in [0.2, 0.25) is 0 Å². The van der Waals surface area contributed by atoms with Crippen LogP contribution in [0, 0.1) is 5.92 Å². The fourth-order valence-electron chi connectivity index (χ4n) is 3.32. The van der Waals surface area contributed by atoms with Crippen LogP contribution in [0.2, 0.25) is 0 Å². The van der Waals surface area contributed by atoms with Crippen molar-refractivity contribution in [2.24, 2.45) is 5.92 Å². The molecule has 0 amide bonds. The van der Waals surface area contributed by atoms with Crippen LogP contribution in [0.25, 0.3) is 5.69 Å². The van der Waals surface area contributed by atoms with Gasteiger partial charge in [-0.2, -0.15) is 5.10 Å². The molecule has 1 saturated heterocycles. The van der Waals surface area contributed by atoms with E-state index in [2.05, 4.69) is 53.4 Å². The van der Waals surface area contributed by atoms with Crippen molar-refractivity contribution in [3.8, 4) is 5.69 Å². The van der Waals surface area contributed by atoms with Crippen LogP contribution in [-0.2, 0) is 0 Å². The standard InChI is InChI=1S/C20H30N4/c1-3-17(2)9-13-21-18-10-15-23(16-11-18)19-5-7-20(8-6-19)24-14-4-12-22-24/h4-8,12,14,17-18,21H,3,9-11,13,15-16H2,1-2H3. The minimum Gasteiger partial charge on any atom is -0.371 e. The molecular formula is C20H30N4. The number of hydrogen-bond acceptors (Lipinski definition) is 3. The topological polar surface area (TPSA) is 33.1 Å². The van der Waals surface area contributed by atoms with Crippen LogP contribution in [0.15, 0.2) is 42.7 Å². The van der Waals surface area contributed by atoms with Crippen LogP contribution in [-0.4, -0.2) is 35.5 Å². The van der Waals surface area contributed by atoms with Crippen LogP contribution in [0.3, 0.4) is 0 Å². The van der Waals surface area contributed by atoms with Gasteiger partial charge in [0.1, 0.15) is 0 Å². The molecule has 24 heavy (non-hydrogen) atoms. The Morgan fingerprint density at radius 3 is 2.50 bits per heavy atom. The maximum Gasteiger partial charge on any atom is 0.0647 e. The Balaban J connectivity index is 1.46. The van der Waals surface area contributed by atoms with E-state index in [4.69, 9.17) is 0 Å². The van der Waals surface area contributed by atoms with Gasteiger partial charge in [0.05, 0.1) is 5.69 Å². The minimum absolute atomic E-state index is 0.689. The molecule has 4 nitrogen and oxygen atoms in total. The Bertz CT molecular complexity index is 583. The number of aromatic nitrogens is 2. The minimum atomic E-state index is 0.689. The zero-order valence-electron chi connectivity index (χ0n) is 15.0. The highest BCUT2D eigenvalue weighted by Gasteiger charge is 2.19. The molecule has 0 radical (unpaired) electrons. The molecule has 1 atom stereocenters. The third kappa shape index (κ3) is 4.38. The highest BCUT2D eigenvalue weighted by molar-refractivity contribution is 5.51. The molecule has 1 aromatic heterocycles. The summed E-state index contributed by atoms with van der Waals surface area (Å²) in [6, 6.07) is 11.4. The second-order valence-electron chi connectivity index (χ2n) is 6.98. The van der Waals surface area contributed by atoms with Crippen molar-refractivity contribution in [3.63, 3.8) is 0 Å². The number of rotatable bonds is 7. The second kappa shape index (κ2) is 8.34. The first-order valence-corrected chi connectivity index (χ1v) is 9.34. The van der Waals surface area contributed by atoms with Gasteiger partial charge in [-0.05, 0) is 62.1 Å². The van der Waals surface area contributed by atoms with Crippen molar-refractivity contribution in [1.82, 2.24) is 15.1 Å². The van der Waals surface area contributed by atoms with Gasteiger partial charge in [-0.1, -0.05) is 20.3 Å². The van der Waals surface area contributed by atoms with Crippen molar-refractivity contribution < 1.29 is 0 Å². The van der Waals surface area contributed by atoms with Gasteiger partial charge in [-0.15, -0.1) is 0 Å². The van der Waals surface area contributed by atoms with E-state index in [1.165, 1.54) is 31.4 Å². The first kappa shape index (κ1) is 17.0. The van der Waals surface area contributed by atoms with E-state index in [0.29, 0.717) is 6.04 Å². The Morgan fingerprint density at radius 2 is 1.88 bits per heavy atom. The molecular weight excluding hydrogens is 296 g/mol. The Hall–Kier alpha value is -1.81. The van der Waals surface area contributed by atoms with E-state index in [1.54, 1.807) is 0 Å². The van der Waals surface area contributed by atoms with E-state index >= 15 is 0 Å². The first-order chi connectivity index (χ1) is 11.8. The molecule has 1 fully saturated rings. The summed E-state index contributed by atoms with van der Waals surface area (Å²) in [7, 11) is 0. The van der Waals surface area contributed by atoms with Crippen molar-refractivity contribution in [2.75, 3.05) is 24.5 Å². The molecule has 0 aliphatic carbocycles. The zero-order valence-corrected chi connectivity index (χ0v) is 15.0. The smallest absolute Gasteiger partial charge is 0.0647 e. The molecule has 0 saturated carbocycles. The summed E-state index contributed by atoms with van der Waals surface area (Å²) >= 11 is 0. The van der Waals surface area contributed by atoms with Gasteiger partial charge in [0, 0.05) is 37.2 Å². The highest BCUT2D eigenvalue weighted by Crippen LogP contribution is 2.21. The summed E-state index contributed by atoms with van der Waals surface area (Å²) < 4.78 is 1.90. The number of benzene rings is 1. The molecule has 0 spiro atoms. The lowest BCUT2D eigenvalue weighted by molar-refractivity contribution is 0.391. The molecule has 1 aliphatic heterocycles. The summed E-state index contributed by atoms with van der Waals surface area (Å²) in [5.41, 5.74) is 2.44. The molecule has 3 rings (SSSR count). The monoisotopic (exact) mass is 326 g/mol. The normalized spacial score (nSPS) is 17.2. The van der Waals surface area contributed by atoms with Gasteiger partial charge >= 0.3 is 0 Å². The van der Waals surface area contributed by atoms with Crippen molar-refractivity contribution >= 4 is 5.69 Å². The number of nitrogens with zero attached hydrogens (tertiary/aromatic N) is 3. The van der Waals surface area contributed by atoms with E-state index < -0.39 is 0 Å². The van der Waals surface area contributed by atoms with Gasteiger partial charge in [0.25, 0.3) is 0 Å². The number of piperidine rings is 1. The van der Waals surface area contributed by atoms with Crippen LogP contribution in [0.5, 0.6) is 0 Å². The molecule has 1 aromatic carbocycles. The Morgan fingerprint density at radius 1 is 1.17 bits per heavy atom. The summed E-state index contributed by atoms with van der Waals surface area (Å²) in [4.78, 5) is 2.50. The van der Waals surface area contributed by atoms with E-state index in [-0.39, 0.29) is 0 Å². The van der Waals surface area contributed by atoms with E-state index in [0.717, 1.165) is 31.2 Å². The molecule has 1 aliphatic rings. The molecule has 0 bridgehead atoms. The van der Waals surface area contributed by atoms with Crippen LogP contribution >= 0.6 is 0 Å². The maximum absolute atomic E-state index is 4.28. The van der Waals surface area contributed by atoms with Crippen LogP contribution in [0.4, 0.5) is 5.69 Å². The molecule has 4 heteroatoms. The number of anilines is 1. The molecule has 2 heterocycles. The summed E-state index contributed by atoms with van der Waals surface area (Å²) in [6.07, 6.45) is 8.85. The maximum atomic E-state index is 4.28. The van der Waals surface area contributed by atoms with Crippen molar-refractivity contribution in [2.45, 2.75) is 45.6 Å². The van der Waals surface area contributed by atoms with Crippen molar-refractivity contribution in [1.29, 1.82) is 0 Å². The van der Waals surface area contributed by atoms with Gasteiger partial charge in [0.15, 0.2) is 0 Å². The Kier molecular flexibility index (Phi) is 5.91. The lowest BCUT2D eigenvalue weighted by atomic mass is 10.0. The first-order valence-electron chi connectivity index (χ1n) is 9.34. The van der Waals surface area contributed by atoms with Crippen LogP contribution < -0.4 is 10.2 Å². The largest absolute Gasteiger partial charge is 0.371 e. The van der Waals surface area contributed by atoms with Crippen molar-refractivity contribution in [3.05, 3.63) is 42.7 Å². The predicted octanol–water partition coefficient (Wildman–Crippen LogP) is 3.87. The average molecular weight is 326 g/mol. The summed E-state index contributed by atoms with van der Waals surface area (Å²) in [6.45, 7) is 8.07. The van der Waals surface area contributed by atoms with Gasteiger partial charge < -0.3 is 10.2 Å². The fraction of sp³-hybridized carbons (Fsp3) is 0.550. The molecule has 130 valence electrons. The van der Waals surface area contributed by atoms with E-state index in [9.17, 15) is 0 Å². The number of hydrogen-bond donors (Lipinski definition) is 1. The van der Waals surface area contributed by atoms with E-state index in [1.807, 2.05) is 23.1 Å².